The minimum absolute atomic E-state index is 0.529. The van der Waals surface area contributed by atoms with Gasteiger partial charge < -0.3 is 10.5 Å². The van der Waals surface area contributed by atoms with Gasteiger partial charge in [-0.1, -0.05) is 12.2 Å². The average molecular weight is 254 g/mol. The highest BCUT2D eigenvalue weighted by Gasteiger charge is 2.07. The van der Waals surface area contributed by atoms with Gasteiger partial charge in [-0.15, -0.1) is 0 Å². The van der Waals surface area contributed by atoms with Gasteiger partial charge in [-0.25, -0.2) is 9.97 Å². The molecule has 1 aromatic heterocycles. The molecule has 17 heavy (non-hydrogen) atoms. The molecule has 1 heterocycles. The molecule has 0 amide bonds. The van der Waals surface area contributed by atoms with Crippen LogP contribution in [0.3, 0.4) is 0 Å². The van der Waals surface area contributed by atoms with E-state index in [0.29, 0.717) is 24.6 Å². The van der Waals surface area contributed by atoms with Crippen molar-refractivity contribution in [3.8, 4) is 0 Å². The van der Waals surface area contributed by atoms with Crippen LogP contribution in [0.15, 0.2) is 18.5 Å². The lowest BCUT2D eigenvalue weighted by Crippen LogP contribution is -2.31. The highest BCUT2D eigenvalue weighted by Crippen LogP contribution is 1.99. The topological polar surface area (TPSA) is 64.3 Å². The summed E-state index contributed by atoms with van der Waals surface area (Å²) in [4.78, 5) is 11.1. The normalized spacial score (nSPS) is 10.7. The van der Waals surface area contributed by atoms with Crippen LogP contribution in [0.4, 0.5) is 0 Å². The molecule has 0 aliphatic rings. The van der Waals surface area contributed by atoms with E-state index in [2.05, 4.69) is 14.9 Å². The molecule has 0 unspecified atom stereocenters. The maximum absolute atomic E-state index is 5.51. The lowest BCUT2D eigenvalue weighted by molar-refractivity contribution is 0.144. The van der Waals surface area contributed by atoms with E-state index in [1.54, 1.807) is 25.6 Å². The number of rotatable bonds is 8. The Morgan fingerprint density at radius 3 is 2.71 bits per heavy atom. The molecule has 1 rings (SSSR count). The number of nitrogens with two attached hydrogens (primary N) is 1. The first-order valence-electron chi connectivity index (χ1n) is 5.48. The van der Waals surface area contributed by atoms with Crippen LogP contribution in [0, 0.1) is 0 Å². The lowest BCUT2D eigenvalue weighted by atomic mass is 10.3. The number of ether oxygens (including phenoxy) is 1. The molecule has 2 N–H and O–H groups in total. The molecule has 0 saturated carbocycles. The van der Waals surface area contributed by atoms with Gasteiger partial charge in [-0.05, 0) is 6.07 Å². The Balaban J connectivity index is 2.47. The van der Waals surface area contributed by atoms with Crippen LogP contribution in [0.5, 0.6) is 0 Å². The molecular formula is C11H18N4OS. The Morgan fingerprint density at radius 2 is 2.12 bits per heavy atom. The van der Waals surface area contributed by atoms with Crippen LogP contribution >= 0.6 is 12.2 Å². The van der Waals surface area contributed by atoms with Gasteiger partial charge in [0.15, 0.2) is 0 Å². The second kappa shape index (κ2) is 8.05. The maximum atomic E-state index is 5.51. The number of hydrogen-bond donors (Lipinski definition) is 1. The summed E-state index contributed by atoms with van der Waals surface area (Å²) < 4.78 is 5.07. The largest absolute Gasteiger partial charge is 0.393 e. The third-order valence-corrected chi connectivity index (χ3v) is 2.47. The molecule has 5 nitrogen and oxygen atoms in total. The number of thiocarbonyl (C=S) groups is 1. The zero-order valence-corrected chi connectivity index (χ0v) is 10.8. The van der Waals surface area contributed by atoms with E-state index in [1.165, 1.54) is 0 Å². The number of aromatic nitrogens is 2. The third kappa shape index (κ3) is 6.25. The average Bonchev–Trinajstić information content (AvgIpc) is 2.34. The summed E-state index contributed by atoms with van der Waals surface area (Å²) in [7, 11) is 1.69. The van der Waals surface area contributed by atoms with Crippen LogP contribution in [0.2, 0.25) is 0 Å². The third-order valence-electron chi connectivity index (χ3n) is 2.27. The van der Waals surface area contributed by atoms with Crippen LogP contribution in [-0.2, 0) is 11.3 Å². The van der Waals surface area contributed by atoms with E-state index in [9.17, 15) is 0 Å². The van der Waals surface area contributed by atoms with E-state index < -0.39 is 0 Å². The Morgan fingerprint density at radius 1 is 1.41 bits per heavy atom. The molecule has 0 saturated heterocycles. The number of nitrogens with zero attached hydrogens (tertiary/aromatic N) is 3. The lowest BCUT2D eigenvalue weighted by Gasteiger charge is -2.20. The van der Waals surface area contributed by atoms with Gasteiger partial charge in [0.2, 0.25) is 0 Å². The fraction of sp³-hybridized carbons (Fsp3) is 0.545. The smallest absolute Gasteiger partial charge is 0.142 e. The summed E-state index contributed by atoms with van der Waals surface area (Å²) >= 11 is 4.88. The molecule has 0 radical (unpaired) electrons. The second-order valence-electron chi connectivity index (χ2n) is 3.65. The first-order valence-corrected chi connectivity index (χ1v) is 5.88. The molecular weight excluding hydrogens is 236 g/mol. The van der Waals surface area contributed by atoms with Crippen molar-refractivity contribution in [3.05, 3.63) is 24.3 Å². The van der Waals surface area contributed by atoms with Gasteiger partial charge in [0.1, 0.15) is 5.82 Å². The van der Waals surface area contributed by atoms with Gasteiger partial charge in [-0.2, -0.15) is 0 Å². The van der Waals surface area contributed by atoms with Crippen LogP contribution < -0.4 is 5.73 Å². The van der Waals surface area contributed by atoms with Crippen molar-refractivity contribution < 1.29 is 4.74 Å². The Hall–Kier alpha value is -1.11. The van der Waals surface area contributed by atoms with E-state index >= 15 is 0 Å². The number of methoxy groups -OCH3 is 1. The van der Waals surface area contributed by atoms with Crippen molar-refractivity contribution in [1.82, 2.24) is 14.9 Å². The summed E-state index contributed by atoms with van der Waals surface area (Å²) in [5.74, 6) is 0.798. The molecule has 1 aromatic rings. The summed E-state index contributed by atoms with van der Waals surface area (Å²) in [6, 6.07) is 1.80. The van der Waals surface area contributed by atoms with Crippen molar-refractivity contribution >= 4 is 17.2 Å². The fourth-order valence-corrected chi connectivity index (χ4v) is 1.46. The minimum Gasteiger partial charge on any atom is -0.393 e. The van der Waals surface area contributed by atoms with Gasteiger partial charge in [0, 0.05) is 39.0 Å². The Kier molecular flexibility index (Phi) is 6.61. The van der Waals surface area contributed by atoms with Crippen molar-refractivity contribution in [2.45, 2.75) is 13.0 Å². The molecule has 0 fully saturated rings. The summed E-state index contributed by atoms with van der Waals surface area (Å²) in [5, 5.41) is 0. The summed E-state index contributed by atoms with van der Waals surface area (Å²) in [5.41, 5.74) is 5.51. The standard InChI is InChI=1S/C11H18N4OS/c1-16-8-7-15(6-3-10(12)17)9-11-13-4-2-5-14-11/h2,4-5H,3,6-9H2,1H3,(H2,12,17). The summed E-state index contributed by atoms with van der Waals surface area (Å²) in [6.45, 7) is 2.98. The van der Waals surface area contributed by atoms with Gasteiger partial charge in [0.05, 0.1) is 18.1 Å². The molecule has 0 bridgehead atoms. The van der Waals surface area contributed by atoms with Gasteiger partial charge in [0.25, 0.3) is 0 Å². The number of hydrogen-bond acceptors (Lipinski definition) is 5. The molecule has 6 heteroatoms. The van der Waals surface area contributed by atoms with Gasteiger partial charge in [-0.3, -0.25) is 4.90 Å². The molecule has 0 aromatic carbocycles. The zero-order chi connectivity index (χ0) is 12.5. The molecule has 0 atom stereocenters. The van der Waals surface area contributed by atoms with E-state index in [-0.39, 0.29) is 0 Å². The summed E-state index contributed by atoms with van der Waals surface area (Å²) in [6.07, 6.45) is 4.18. The van der Waals surface area contributed by atoms with Crippen LogP contribution in [0.25, 0.3) is 0 Å². The van der Waals surface area contributed by atoms with Gasteiger partial charge >= 0.3 is 0 Å². The van der Waals surface area contributed by atoms with Crippen molar-refractivity contribution in [2.24, 2.45) is 5.73 Å². The molecule has 0 aliphatic carbocycles. The zero-order valence-electron chi connectivity index (χ0n) is 10.0. The highest BCUT2D eigenvalue weighted by atomic mass is 32.1. The molecule has 0 aliphatic heterocycles. The Labute approximate surface area is 107 Å². The van der Waals surface area contributed by atoms with Crippen molar-refractivity contribution in [1.29, 1.82) is 0 Å². The highest BCUT2D eigenvalue weighted by molar-refractivity contribution is 7.80. The first kappa shape index (κ1) is 14.0. The van der Waals surface area contributed by atoms with E-state index in [1.807, 2.05) is 0 Å². The monoisotopic (exact) mass is 254 g/mol. The predicted molar refractivity (Wildman–Crippen MR) is 70.6 cm³/mol. The molecule has 0 spiro atoms. The maximum Gasteiger partial charge on any atom is 0.142 e. The Bertz CT molecular complexity index is 334. The van der Waals surface area contributed by atoms with Crippen LogP contribution in [-0.4, -0.2) is 46.7 Å². The van der Waals surface area contributed by atoms with Crippen molar-refractivity contribution in [3.63, 3.8) is 0 Å². The fourth-order valence-electron chi connectivity index (χ4n) is 1.37. The van der Waals surface area contributed by atoms with Crippen molar-refractivity contribution in [2.75, 3.05) is 26.8 Å². The van der Waals surface area contributed by atoms with E-state index in [4.69, 9.17) is 22.7 Å². The SMILES string of the molecule is COCCN(CCC(N)=S)Cc1ncccn1. The minimum atomic E-state index is 0.529. The predicted octanol–water partition coefficient (Wildman–Crippen LogP) is 0.601. The van der Waals surface area contributed by atoms with E-state index in [0.717, 1.165) is 18.9 Å². The second-order valence-corrected chi connectivity index (χ2v) is 4.17. The quantitative estimate of drug-likeness (QED) is 0.685. The van der Waals surface area contributed by atoms with Crippen LogP contribution in [0.1, 0.15) is 12.2 Å². The first-order chi connectivity index (χ1) is 8.22. The molecule has 94 valence electrons.